The highest BCUT2D eigenvalue weighted by atomic mass is 32.2. The van der Waals surface area contributed by atoms with E-state index in [2.05, 4.69) is 15.3 Å². The Morgan fingerprint density at radius 2 is 2.16 bits per heavy atom. The molecule has 2 N–H and O–H groups in total. The number of halogens is 2. The number of anilines is 1. The quantitative estimate of drug-likeness (QED) is 0.674. The summed E-state index contributed by atoms with van der Waals surface area (Å²) in [5, 5.41) is 13.7. The molecule has 2 atom stereocenters. The monoisotopic (exact) mass is 479 g/mol. The predicted molar refractivity (Wildman–Crippen MR) is 115 cm³/mol. The third kappa shape index (κ3) is 4.35. The summed E-state index contributed by atoms with van der Waals surface area (Å²) in [7, 11) is -4.60. The van der Waals surface area contributed by atoms with Crippen LogP contribution in [0.2, 0.25) is 0 Å². The van der Waals surface area contributed by atoms with Crippen molar-refractivity contribution in [3.05, 3.63) is 28.2 Å². The van der Waals surface area contributed by atoms with E-state index in [0.29, 0.717) is 10.6 Å². The number of hydrogen-bond acceptors (Lipinski definition) is 7. The molecule has 1 aliphatic carbocycles. The fourth-order valence-electron chi connectivity index (χ4n) is 4.20. The minimum Gasteiger partial charge on any atom is -0.388 e. The number of nitrogens with one attached hydrogen (secondary N) is 1. The fraction of sp³-hybridized carbons (Fsp3) is 0.650. The van der Waals surface area contributed by atoms with Crippen LogP contribution in [0.15, 0.2) is 17.1 Å². The lowest BCUT2D eigenvalue weighted by atomic mass is 9.99. The molecule has 12 heteroatoms. The van der Waals surface area contributed by atoms with Crippen LogP contribution in [-0.4, -0.2) is 63.3 Å². The zero-order valence-corrected chi connectivity index (χ0v) is 17.6. The van der Waals surface area contributed by atoms with Gasteiger partial charge in [0.1, 0.15) is 7.02 Å². The summed E-state index contributed by atoms with van der Waals surface area (Å²) in [4.78, 5) is 21.4. The third-order valence-corrected chi connectivity index (χ3v) is 6.87. The Morgan fingerprint density at radius 1 is 1.41 bits per heavy atom. The topological polar surface area (TPSA) is 117 Å². The first kappa shape index (κ1) is 14.9. The van der Waals surface area contributed by atoms with Gasteiger partial charge in [-0.3, -0.25) is 9.36 Å². The van der Waals surface area contributed by atoms with Gasteiger partial charge in [-0.15, -0.1) is 0 Å². The molecule has 1 saturated carbocycles. The molecule has 9 nitrogen and oxygen atoms in total. The summed E-state index contributed by atoms with van der Waals surface area (Å²) in [6.45, 7) is -3.59. The van der Waals surface area contributed by atoms with Gasteiger partial charge in [0.15, 0.2) is 0 Å². The van der Waals surface area contributed by atoms with Crippen molar-refractivity contribution < 1.29 is 33.3 Å². The van der Waals surface area contributed by atoms with Crippen LogP contribution < -0.4 is 10.9 Å². The maximum atomic E-state index is 14.1. The maximum Gasteiger partial charge on any atom is 0.269 e. The lowest BCUT2D eigenvalue weighted by molar-refractivity contribution is 0.0261. The molecule has 0 aromatic carbocycles. The lowest BCUT2D eigenvalue weighted by Gasteiger charge is -2.31. The van der Waals surface area contributed by atoms with E-state index in [4.69, 9.17) is 11.0 Å². The number of nitrogens with zero attached hydrogens (tertiary/aromatic N) is 4. The molecule has 1 aliphatic heterocycles. The number of aliphatic hydroxyl groups is 1. The van der Waals surface area contributed by atoms with Gasteiger partial charge >= 0.3 is 0 Å². The Bertz CT molecular complexity index is 1470. The Balaban J connectivity index is 1.76. The summed E-state index contributed by atoms with van der Waals surface area (Å²) in [6.07, 6.45) is -7.07. The lowest BCUT2D eigenvalue weighted by Crippen LogP contribution is -2.42. The summed E-state index contributed by atoms with van der Waals surface area (Å²) in [6, 6.07) is -2.36. The molecule has 3 heterocycles. The summed E-state index contributed by atoms with van der Waals surface area (Å²) < 4.78 is 115. The minimum absolute atomic E-state index is 0.0557. The molecule has 2 fully saturated rings. The molecule has 2 aromatic heterocycles. The van der Waals surface area contributed by atoms with Gasteiger partial charge in [0.05, 0.1) is 24.8 Å². The normalized spacial score (nSPS) is 31.4. The number of aromatic nitrogens is 3. The van der Waals surface area contributed by atoms with Crippen LogP contribution in [0.3, 0.4) is 0 Å². The molecule has 0 unspecified atom stereocenters. The van der Waals surface area contributed by atoms with Gasteiger partial charge in [-0.1, -0.05) is 0 Å². The highest BCUT2D eigenvalue weighted by molar-refractivity contribution is 7.88. The SMILES string of the molecule is [2H]C1(Nc2ncc3cc(C([2H])(F)F)c(=O)n([C@@H]4CCC[C@]4(O)C([2H])([2H])[2H])c3n2)CCN(S(=O)(=O)C([2H])([2H])[2H])CC1. The first-order valence-corrected chi connectivity index (χ1v) is 11.4. The van der Waals surface area contributed by atoms with E-state index >= 15 is 0 Å². The van der Waals surface area contributed by atoms with Crippen LogP contribution in [0.5, 0.6) is 0 Å². The van der Waals surface area contributed by atoms with Gasteiger partial charge in [0.2, 0.25) is 16.0 Å². The van der Waals surface area contributed by atoms with Crippen molar-refractivity contribution in [1.29, 1.82) is 0 Å². The Labute approximate surface area is 195 Å². The molecule has 1 saturated heterocycles. The van der Waals surface area contributed by atoms with Gasteiger partial charge < -0.3 is 10.4 Å². The number of pyridine rings is 1. The smallest absolute Gasteiger partial charge is 0.269 e. The summed E-state index contributed by atoms with van der Waals surface area (Å²) in [5.74, 6) is -0.274. The van der Waals surface area contributed by atoms with Gasteiger partial charge in [0.25, 0.3) is 12.0 Å². The molecule has 176 valence electrons. The Morgan fingerprint density at radius 3 is 2.81 bits per heavy atom. The predicted octanol–water partition coefficient (Wildman–Crippen LogP) is 2.04. The number of sulfonamides is 1. The molecular formula is C20H27F2N5O4S. The zero-order chi connectivity index (χ0) is 30.1. The van der Waals surface area contributed by atoms with Crippen molar-refractivity contribution >= 4 is 27.0 Å². The van der Waals surface area contributed by atoms with Crippen molar-refractivity contribution in [2.45, 2.75) is 63.0 Å². The standard InChI is InChI=1S/C20H27F2N5O4S/c1-20(29)7-3-4-15(20)27-17-12(10-14(16(21)22)18(27)28)11-23-19(25-17)24-13-5-8-26(9-6-13)32(2,30)31/h10-11,13,15-16,29H,3-9H2,1-2H3,(H,23,24,25)/t15-,20-/m1/s1/i1D3,2D3,13D,16D. The van der Waals surface area contributed by atoms with Crippen molar-refractivity contribution in [1.82, 2.24) is 18.8 Å². The van der Waals surface area contributed by atoms with Crippen LogP contribution >= 0.6 is 0 Å². The van der Waals surface area contributed by atoms with Crippen LogP contribution in [0.4, 0.5) is 14.7 Å². The largest absolute Gasteiger partial charge is 0.388 e. The van der Waals surface area contributed by atoms with E-state index in [1.807, 2.05) is 0 Å². The number of hydrogen-bond donors (Lipinski definition) is 2. The second kappa shape index (κ2) is 8.31. The highest BCUT2D eigenvalue weighted by Crippen LogP contribution is 2.39. The van der Waals surface area contributed by atoms with Crippen molar-refractivity contribution in [3.8, 4) is 0 Å². The highest BCUT2D eigenvalue weighted by Gasteiger charge is 2.40. The van der Waals surface area contributed by atoms with Crippen LogP contribution in [0.1, 0.15) is 67.9 Å². The van der Waals surface area contributed by atoms with Crippen LogP contribution in [-0.2, 0) is 10.0 Å². The maximum absolute atomic E-state index is 14.1. The third-order valence-electron chi connectivity index (χ3n) is 5.83. The van der Waals surface area contributed by atoms with E-state index in [1.165, 1.54) is 0 Å². The van der Waals surface area contributed by atoms with Gasteiger partial charge in [0, 0.05) is 38.9 Å². The molecule has 32 heavy (non-hydrogen) atoms. The average Bonchev–Trinajstić information content (AvgIpc) is 3.20. The minimum atomic E-state index is -4.60. The second-order valence-corrected chi connectivity index (χ2v) is 9.40. The van der Waals surface area contributed by atoms with Crippen molar-refractivity contribution in [3.63, 3.8) is 0 Å². The van der Waals surface area contributed by atoms with Crippen molar-refractivity contribution in [2.75, 3.05) is 24.6 Å². The molecule has 2 aliphatic rings. The molecule has 4 rings (SSSR count). The van der Waals surface area contributed by atoms with Crippen molar-refractivity contribution in [2.24, 2.45) is 0 Å². The molecule has 0 bridgehead atoms. The van der Waals surface area contributed by atoms with E-state index < -0.39 is 58.2 Å². The average molecular weight is 480 g/mol. The molecule has 0 radical (unpaired) electrons. The van der Waals surface area contributed by atoms with Gasteiger partial charge in [-0.05, 0) is 45.0 Å². The second-order valence-electron chi connectivity index (χ2n) is 7.93. The van der Waals surface area contributed by atoms with E-state index in [-0.39, 0.29) is 62.2 Å². The first-order valence-electron chi connectivity index (χ1n) is 13.9. The van der Waals surface area contributed by atoms with E-state index in [1.54, 1.807) is 0 Å². The van der Waals surface area contributed by atoms with Gasteiger partial charge in [-0.25, -0.2) is 26.5 Å². The molecule has 0 spiro atoms. The fourth-order valence-corrected chi connectivity index (χ4v) is 4.86. The Hall–Kier alpha value is -2.18. The van der Waals surface area contributed by atoms with E-state index in [0.717, 1.165) is 10.5 Å². The van der Waals surface area contributed by atoms with E-state index in [9.17, 15) is 27.1 Å². The Kier molecular flexibility index (Phi) is 3.86. The molecule has 0 amide bonds. The molecular weight excluding hydrogens is 444 g/mol. The number of rotatable bonds is 5. The van der Waals surface area contributed by atoms with Crippen LogP contribution in [0.25, 0.3) is 11.0 Å². The summed E-state index contributed by atoms with van der Waals surface area (Å²) >= 11 is 0. The van der Waals surface area contributed by atoms with Crippen LogP contribution in [0, 0.1) is 0 Å². The van der Waals surface area contributed by atoms with Gasteiger partial charge in [-0.2, -0.15) is 4.98 Å². The molecule has 2 aromatic rings. The number of alkyl halides is 2. The first-order chi connectivity index (χ1) is 18.1. The number of piperidine rings is 1. The number of fused-ring (bicyclic) bond motifs is 1. The summed E-state index contributed by atoms with van der Waals surface area (Å²) in [5.41, 5.74) is -5.42. The zero-order valence-electron chi connectivity index (χ0n) is 24.8.